The Labute approximate surface area is 175 Å². The standard InChI is InChI=1S/2C9H18NO2.H2O4S/c2*1-6-9(11)12-8(3)10(4,5)7-2;1-5(2,3)4/h2*6,8H,1,7H2,2-5H3;(H2,1,2,3,4)/q2*+1;/p-2. The van der Waals surface area contributed by atoms with Gasteiger partial charge in [-0.2, -0.15) is 0 Å². The maximum absolute atomic E-state index is 10.8. The predicted octanol–water partition coefficient (Wildman–Crippen LogP) is 0.978. The summed E-state index contributed by atoms with van der Waals surface area (Å²) in [4.78, 5) is 21.7. The van der Waals surface area contributed by atoms with Crippen LogP contribution in [-0.2, 0) is 29.5 Å². The van der Waals surface area contributed by atoms with Gasteiger partial charge in [-0.05, 0) is 13.8 Å². The number of rotatable bonds is 8. The summed E-state index contributed by atoms with van der Waals surface area (Å²) >= 11 is 0. The van der Waals surface area contributed by atoms with Crippen molar-refractivity contribution >= 4 is 22.3 Å². The number of quaternary nitrogens is 2. The van der Waals surface area contributed by atoms with Gasteiger partial charge in [0.2, 0.25) is 12.5 Å². The Balaban J connectivity index is -0.000000380. The highest BCUT2D eigenvalue weighted by Gasteiger charge is 2.24. The highest BCUT2D eigenvalue weighted by atomic mass is 32.3. The lowest BCUT2D eigenvalue weighted by molar-refractivity contribution is -0.931. The summed E-state index contributed by atoms with van der Waals surface area (Å²) in [6, 6.07) is 0. The minimum atomic E-state index is -5.17. The molecule has 0 saturated heterocycles. The minimum absolute atomic E-state index is 0.125. The third-order valence-electron chi connectivity index (χ3n) is 4.51. The fourth-order valence-electron chi connectivity index (χ4n) is 1.23. The molecule has 0 N–H and O–H groups in total. The molecule has 0 rings (SSSR count). The van der Waals surface area contributed by atoms with Gasteiger partial charge >= 0.3 is 11.9 Å². The van der Waals surface area contributed by atoms with Crippen LogP contribution in [-0.4, -0.2) is 92.2 Å². The summed E-state index contributed by atoms with van der Waals surface area (Å²) in [5.41, 5.74) is 0. The average molecular weight is 441 g/mol. The van der Waals surface area contributed by atoms with Crippen LogP contribution in [0.3, 0.4) is 0 Å². The molecule has 0 aromatic rings. The zero-order chi connectivity index (χ0) is 24.1. The van der Waals surface area contributed by atoms with E-state index in [1.54, 1.807) is 0 Å². The van der Waals surface area contributed by atoms with Crippen molar-refractivity contribution < 1.29 is 45.6 Å². The van der Waals surface area contributed by atoms with Gasteiger partial charge in [-0.25, -0.2) is 9.59 Å². The van der Waals surface area contributed by atoms with Crippen molar-refractivity contribution in [3.05, 3.63) is 25.3 Å². The van der Waals surface area contributed by atoms with Crippen LogP contribution < -0.4 is 0 Å². The van der Waals surface area contributed by atoms with Crippen molar-refractivity contribution in [2.75, 3.05) is 41.3 Å². The molecule has 0 saturated carbocycles. The van der Waals surface area contributed by atoms with Gasteiger partial charge in [0, 0.05) is 36.4 Å². The molecule has 0 spiro atoms. The van der Waals surface area contributed by atoms with Crippen molar-refractivity contribution in [1.82, 2.24) is 0 Å². The molecular formula is C18H36N2O8S. The van der Waals surface area contributed by atoms with Gasteiger partial charge in [0.05, 0.1) is 41.3 Å². The van der Waals surface area contributed by atoms with Gasteiger partial charge in [0.15, 0.2) is 0 Å². The van der Waals surface area contributed by atoms with E-state index in [2.05, 4.69) is 27.0 Å². The van der Waals surface area contributed by atoms with E-state index < -0.39 is 10.4 Å². The monoisotopic (exact) mass is 440 g/mol. The van der Waals surface area contributed by atoms with Crippen molar-refractivity contribution in [2.45, 2.75) is 40.2 Å². The molecule has 0 radical (unpaired) electrons. The van der Waals surface area contributed by atoms with Crippen molar-refractivity contribution in [3.63, 3.8) is 0 Å². The van der Waals surface area contributed by atoms with Gasteiger partial charge in [0.25, 0.3) is 0 Å². The Bertz CT molecular complexity index is 582. The van der Waals surface area contributed by atoms with E-state index in [1.165, 1.54) is 12.2 Å². The third-order valence-corrected chi connectivity index (χ3v) is 4.51. The van der Waals surface area contributed by atoms with Crippen LogP contribution in [0.15, 0.2) is 25.3 Å². The van der Waals surface area contributed by atoms with Gasteiger partial charge in [-0.15, -0.1) is 0 Å². The van der Waals surface area contributed by atoms with E-state index >= 15 is 0 Å². The SMILES string of the molecule is C=CC(=O)OC(C)[N+](C)(C)CC.C=CC(=O)OC(C)[N+](C)(C)CC.O=S(=O)([O-])[O-]. The molecule has 0 aromatic heterocycles. The van der Waals surface area contributed by atoms with Gasteiger partial charge in [0.1, 0.15) is 0 Å². The van der Waals surface area contributed by atoms with E-state index in [4.69, 9.17) is 27.0 Å². The molecule has 0 bridgehead atoms. The van der Waals surface area contributed by atoms with Crippen LogP contribution in [0.2, 0.25) is 0 Å². The Kier molecular flexibility index (Phi) is 15.7. The van der Waals surface area contributed by atoms with E-state index in [-0.39, 0.29) is 24.4 Å². The predicted molar refractivity (Wildman–Crippen MR) is 107 cm³/mol. The summed E-state index contributed by atoms with van der Waals surface area (Å²) < 4.78 is 45.6. The molecule has 2 atom stereocenters. The van der Waals surface area contributed by atoms with Crippen LogP contribution >= 0.6 is 0 Å². The quantitative estimate of drug-likeness (QED) is 0.136. The summed E-state index contributed by atoms with van der Waals surface area (Å²) in [5, 5.41) is 0. The molecule has 2 unspecified atom stereocenters. The first kappa shape index (κ1) is 31.9. The number of carbonyl (C=O) groups is 2. The van der Waals surface area contributed by atoms with Crippen molar-refractivity contribution in [2.24, 2.45) is 0 Å². The van der Waals surface area contributed by atoms with Crippen LogP contribution in [0.5, 0.6) is 0 Å². The lowest BCUT2D eigenvalue weighted by atomic mass is 10.4. The maximum atomic E-state index is 10.8. The van der Waals surface area contributed by atoms with Crippen LogP contribution in [0.4, 0.5) is 0 Å². The van der Waals surface area contributed by atoms with Gasteiger partial charge in [-0.1, -0.05) is 13.2 Å². The summed E-state index contributed by atoms with van der Waals surface area (Å²) in [6.07, 6.45) is 2.12. The summed E-state index contributed by atoms with van der Waals surface area (Å²) in [7, 11) is 2.89. The Morgan fingerprint density at radius 3 is 1.21 bits per heavy atom. The second kappa shape index (κ2) is 14.2. The van der Waals surface area contributed by atoms with E-state index in [9.17, 15) is 9.59 Å². The Morgan fingerprint density at radius 2 is 1.07 bits per heavy atom. The van der Waals surface area contributed by atoms with Crippen molar-refractivity contribution in [3.8, 4) is 0 Å². The molecule has 0 fully saturated rings. The molecule has 0 amide bonds. The lowest BCUT2D eigenvalue weighted by Crippen LogP contribution is -2.49. The first-order valence-corrected chi connectivity index (χ1v) is 10.2. The highest BCUT2D eigenvalue weighted by molar-refractivity contribution is 7.79. The summed E-state index contributed by atoms with van der Waals surface area (Å²) in [5.74, 6) is -0.718. The Hall–Kier alpha value is -1.79. The second-order valence-electron chi connectivity index (χ2n) is 7.08. The van der Waals surface area contributed by atoms with Gasteiger partial charge in [-0.3, -0.25) is 17.4 Å². The highest BCUT2D eigenvalue weighted by Crippen LogP contribution is 2.08. The molecule has 0 aromatic carbocycles. The maximum Gasteiger partial charge on any atom is 0.334 e. The number of carbonyl (C=O) groups excluding carboxylic acids is 2. The number of hydrogen-bond donors (Lipinski definition) is 0. The smallest absolute Gasteiger partial charge is 0.334 e. The van der Waals surface area contributed by atoms with E-state index in [0.717, 1.165) is 13.1 Å². The fraction of sp³-hybridized carbons (Fsp3) is 0.667. The molecule has 0 aliphatic carbocycles. The first-order chi connectivity index (χ1) is 12.9. The average Bonchev–Trinajstić information content (AvgIpc) is 2.60. The molecule has 0 aliphatic heterocycles. The molecule has 29 heavy (non-hydrogen) atoms. The minimum Gasteiger partial charge on any atom is -0.759 e. The van der Waals surface area contributed by atoms with Gasteiger partial charge < -0.3 is 18.6 Å². The second-order valence-corrected chi connectivity index (χ2v) is 7.90. The Morgan fingerprint density at radius 1 is 0.862 bits per heavy atom. The van der Waals surface area contributed by atoms with Crippen LogP contribution in [0.1, 0.15) is 27.7 Å². The van der Waals surface area contributed by atoms with Crippen molar-refractivity contribution in [1.29, 1.82) is 0 Å². The molecule has 0 heterocycles. The normalized spacial score (nSPS) is 13.3. The lowest BCUT2D eigenvalue weighted by Gasteiger charge is -2.33. The van der Waals surface area contributed by atoms with E-state index in [1.807, 2.05) is 42.0 Å². The number of hydrogen-bond acceptors (Lipinski definition) is 8. The molecular weight excluding hydrogens is 404 g/mol. The first-order valence-electron chi connectivity index (χ1n) is 8.86. The zero-order valence-corrected chi connectivity index (χ0v) is 19.5. The molecule has 0 aliphatic rings. The largest absolute Gasteiger partial charge is 0.759 e. The van der Waals surface area contributed by atoms with E-state index in [0.29, 0.717) is 8.97 Å². The molecule has 172 valence electrons. The van der Waals surface area contributed by atoms with Crippen LogP contribution in [0, 0.1) is 0 Å². The zero-order valence-electron chi connectivity index (χ0n) is 18.7. The topological polar surface area (TPSA) is 133 Å². The van der Waals surface area contributed by atoms with Crippen LogP contribution in [0.25, 0.3) is 0 Å². The third kappa shape index (κ3) is 19.3. The number of nitrogens with zero attached hydrogens (tertiary/aromatic N) is 2. The fourth-order valence-corrected chi connectivity index (χ4v) is 1.23. The molecule has 10 nitrogen and oxygen atoms in total. The summed E-state index contributed by atoms with van der Waals surface area (Å²) in [6.45, 7) is 16.4. The number of ether oxygens (including phenoxy) is 2. The number of esters is 2. The molecule has 11 heteroatoms.